The van der Waals surface area contributed by atoms with Gasteiger partial charge >= 0.3 is 6.09 Å². The summed E-state index contributed by atoms with van der Waals surface area (Å²) in [6.45, 7) is 7.04. The van der Waals surface area contributed by atoms with Crippen molar-refractivity contribution in [3.63, 3.8) is 0 Å². The highest BCUT2D eigenvalue weighted by molar-refractivity contribution is 8.24. The standard InChI is InChI=1S/C27H31FN2O6S2/c1-27(2,3)36-26(31)30-10-8-17(9-11-30)25-29-14-20(37-25)15-34-22-6-4-18(12-21(22)28)19-5-7-24-23(13-19)35-16-38(24,32)33/h4-7,12-14,17,32-33H,8-11,15-16H2,1-3H3. The number of amides is 1. The van der Waals surface area contributed by atoms with Crippen molar-refractivity contribution in [2.45, 2.75) is 56.6 Å². The smallest absolute Gasteiger partial charge is 0.410 e. The number of carbonyl (C=O) groups excluding carboxylic acids is 1. The Kier molecular flexibility index (Phi) is 7.29. The van der Waals surface area contributed by atoms with Crippen LogP contribution in [0.3, 0.4) is 0 Å². The van der Waals surface area contributed by atoms with Crippen LogP contribution in [0.5, 0.6) is 11.5 Å². The summed E-state index contributed by atoms with van der Waals surface area (Å²) in [5.41, 5.74) is 0.822. The number of halogens is 1. The molecule has 2 aliphatic rings. The number of aromatic nitrogens is 1. The molecule has 204 valence electrons. The maximum atomic E-state index is 14.8. The summed E-state index contributed by atoms with van der Waals surface area (Å²) in [4.78, 5) is 19.9. The van der Waals surface area contributed by atoms with Gasteiger partial charge in [0.1, 0.15) is 22.9 Å². The first kappa shape index (κ1) is 26.7. The lowest BCUT2D eigenvalue weighted by atomic mass is 9.98. The first-order chi connectivity index (χ1) is 18.0. The molecule has 0 aliphatic carbocycles. The summed E-state index contributed by atoms with van der Waals surface area (Å²) in [6.07, 6.45) is 3.12. The molecule has 0 bridgehead atoms. The van der Waals surface area contributed by atoms with Crippen molar-refractivity contribution in [3.8, 4) is 22.6 Å². The van der Waals surface area contributed by atoms with Gasteiger partial charge in [-0.15, -0.1) is 21.9 Å². The predicted molar refractivity (Wildman–Crippen MR) is 145 cm³/mol. The average Bonchev–Trinajstić information content (AvgIpc) is 3.46. The molecule has 1 amide bonds. The lowest BCUT2D eigenvalue weighted by Gasteiger charge is -2.32. The summed E-state index contributed by atoms with van der Waals surface area (Å²) in [5.74, 6) is 0.161. The van der Waals surface area contributed by atoms with Crippen LogP contribution in [0, 0.1) is 5.82 Å². The number of ether oxygens (including phenoxy) is 3. The topological polar surface area (TPSA) is 101 Å². The first-order valence-corrected chi connectivity index (χ1v) is 14.9. The monoisotopic (exact) mass is 562 g/mol. The maximum absolute atomic E-state index is 14.8. The maximum Gasteiger partial charge on any atom is 0.410 e. The minimum Gasteiger partial charge on any atom is -0.485 e. The average molecular weight is 563 g/mol. The number of hydrogen-bond acceptors (Lipinski definition) is 8. The second kappa shape index (κ2) is 10.4. The van der Waals surface area contributed by atoms with Crippen LogP contribution in [-0.2, 0) is 11.3 Å². The van der Waals surface area contributed by atoms with E-state index in [0.29, 0.717) is 34.9 Å². The zero-order chi connectivity index (χ0) is 27.1. The Morgan fingerprint density at radius 2 is 1.89 bits per heavy atom. The number of likely N-dealkylation sites (tertiary alicyclic amines) is 1. The normalized spacial score (nSPS) is 18.0. The highest BCUT2D eigenvalue weighted by Gasteiger charge is 2.30. The molecule has 2 N–H and O–H groups in total. The van der Waals surface area contributed by atoms with Crippen molar-refractivity contribution in [1.82, 2.24) is 9.88 Å². The third kappa shape index (κ3) is 5.90. The fraction of sp³-hybridized carbons (Fsp3) is 0.407. The quantitative estimate of drug-likeness (QED) is 0.342. The van der Waals surface area contributed by atoms with Gasteiger partial charge in [0.05, 0.1) is 9.88 Å². The minimum absolute atomic E-state index is 0.140. The van der Waals surface area contributed by atoms with Crippen LogP contribution >= 0.6 is 21.9 Å². The number of fused-ring (bicyclic) bond motifs is 1. The summed E-state index contributed by atoms with van der Waals surface area (Å²) in [6, 6.07) is 9.74. The number of hydrogen-bond donors (Lipinski definition) is 2. The van der Waals surface area contributed by atoms with Gasteiger partial charge in [0, 0.05) is 25.2 Å². The van der Waals surface area contributed by atoms with Crippen molar-refractivity contribution < 1.29 is 32.5 Å². The molecule has 38 heavy (non-hydrogen) atoms. The predicted octanol–water partition coefficient (Wildman–Crippen LogP) is 7.10. The number of nitrogens with zero attached hydrogens (tertiary/aromatic N) is 2. The molecule has 1 saturated heterocycles. The van der Waals surface area contributed by atoms with Gasteiger partial charge < -0.3 is 19.1 Å². The van der Waals surface area contributed by atoms with Gasteiger partial charge in [-0.05, 0) is 69.0 Å². The van der Waals surface area contributed by atoms with Crippen molar-refractivity contribution >= 4 is 28.0 Å². The summed E-state index contributed by atoms with van der Waals surface area (Å²) in [7, 11) is -2.91. The lowest BCUT2D eigenvalue weighted by molar-refractivity contribution is 0.0204. The molecule has 2 aromatic carbocycles. The molecule has 3 heterocycles. The van der Waals surface area contributed by atoms with E-state index in [2.05, 4.69) is 4.98 Å². The molecule has 0 spiro atoms. The Bertz CT molecular complexity index is 1330. The molecule has 1 fully saturated rings. The Morgan fingerprint density at radius 3 is 2.61 bits per heavy atom. The van der Waals surface area contributed by atoms with Crippen LogP contribution in [0.15, 0.2) is 47.5 Å². The Labute approximate surface area is 226 Å². The van der Waals surface area contributed by atoms with Gasteiger partial charge in [-0.2, -0.15) is 0 Å². The fourth-order valence-corrected chi connectivity index (χ4v) is 6.58. The lowest BCUT2D eigenvalue weighted by Crippen LogP contribution is -2.41. The Morgan fingerprint density at radius 1 is 1.18 bits per heavy atom. The number of rotatable bonds is 5. The van der Waals surface area contributed by atoms with E-state index in [4.69, 9.17) is 14.2 Å². The highest BCUT2D eigenvalue weighted by Crippen LogP contribution is 2.57. The van der Waals surface area contributed by atoms with Crippen molar-refractivity contribution in [1.29, 1.82) is 0 Å². The van der Waals surface area contributed by atoms with Crippen molar-refractivity contribution in [3.05, 3.63) is 58.3 Å². The molecule has 3 aromatic rings. The van der Waals surface area contributed by atoms with Crippen LogP contribution < -0.4 is 9.47 Å². The largest absolute Gasteiger partial charge is 0.485 e. The van der Waals surface area contributed by atoms with E-state index in [0.717, 1.165) is 22.7 Å². The molecule has 0 radical (unpaired) electrons. The zero-order valence-electron chi connectivity index (χ0n) is 21.5. The van der Waals surface area contributed by atoms with Gasteiger partial charge in [-0.3, -0.25) is 9.11 Å². The number of piperidine rings is 1. The fourth-order valence-electron chi connectivity index (χ4n) is 4.44. The van der Waals surface area contributed by atoms with Gasteiger partial charge in [-0.25, -0.2) is 14.2 Å². The van der Waals surface area contributed by atoms with Gasteiger partial charge in [-0.1, -0.05) is 12.1 Å². The van der Waals surface area contributed by atoms with E-state index in [-0.39, 0.29) is 30.3 Å². The highest BCUT2D eigenvalue weighted by atomic mass is 32.3. The molecule has 2 aliphatic heterocycles. The molecule has 0 saturated carbocycles. The molecule has 0 atom stereocenters. The Hall–Kier alpha value is -2.86. The van der Waals surface area contributed by atoms with Crippen molar-refractivity contribution in [2.75, 3.05) is 19.0 Å². The number of benzene rings is 2. The second-order valence-electron chi connectivity index (χ2n) is 10.4. The van der Waals surface area contributed by atoms with Crippen LogP contribution in [0.1, 0.15) is 49.4 Å². The van der Waals surface area contributed by atoms with Gasteiger partial charge in [0.15, 0.2) is 17.5 Å². The molecular weight excluding hydrogens is 531 g/mol. The van der Waals surface area contributed by atoms with E-state index >= 15 is 0 Å². The van der Waals surface area contributed by atoms with Crippen molar-refractivity contribution in [2.24, 2.45) is 0 Å². The van der Waals surface area contributed by atoms with E-state index in [1.807, 2.05) is 20.8 Å². The third-order valence-corrected chi connectivity index (χ3v) is 9.00. The van der Waals surface area contributed by atoms with Gasteiger partial charge in [0.25, 0.3) is 0 Å². The molecule has 5 rings (SSSR count). The zero-order valence-corrected chi connectivity index (χ0v) is 23.1. The molecule has 1 aromatic heterocycles. The molecule has 11 heteroatoms. The second-order valence-corrected chi connectivity index (χ2v) is 13.6. The van der Waals surface area contributed by atoms with E-state index in [1.165, 1.54) is 6.07 Å². The molecule has 8 nitrogen and oxygen atoms in total. The molecule has 0 unspecified atom stereocenters. The number of thiazole rings is 1. The Balaban J connectivity index is 1.16. The minimum atomic E-state index is -2.91. The summed E-state index contributed by atoms with van der Waals surface area (Å²) >= 11 is 1.55. The summed E-state index contributed by atoms with van der Waals surface area (Å²) < 4.78 is 51.4. The summed E-state index contributed by atoms with van der Waals surface area (Å²) in [5, 5.41) is 0.999. The van der Waals surface area contributed by atoms with Crippen LogP contribution in [0.25, 0.3) is 11.1 Å². The van der Waals surface area contributed by atoms with Crippen LogP contribution in [0.4, 0.5) is 9.18 Å². The van der Waals surface area contributed by atoms with E-state index < -0.39 is 22.0 Å². The van der Waals surface area contributed by atoms with Crippen LogP contribution in [-0.4, -0.2) is 49.7 Å². The first-order valence-electron chi connectivity index (χ1n) is 12.4. The molecular formula is C27H31FN2O6S2. The van der Waals surface area contributed by atoms with E-state index in [1.54, 1.807) is 52.8 Å². The van der Waals surface area contributed by atoms with Gasteiger partial charge in [0.2, 0.25) is 0 Å². The number of carbonyl (C=O) groups is 1. The van der Waals surface area contributed by atoms with E-state index in [9.17, 15) is 18.3 Å². The SMILES string of the molecule is CC(C)(C)OC(=O)N1CCC(c2ncc(COc3ccc(-c4ccc5c(c4)OCS5(O)O)cc3F)s2)CC1. The third-order valence-electron chi connectivity index (χ3n) is 6.38. The van der Waals surface area contributed by atoms with Crippen LogP contribution in [0.2, 0.25) is 0 Å².